The summed E-state index contributed by atoms with van der Waals surface area (Å²) in [7, 11) is -3.08. The van der Waals surface area contributed by atoms with Gasteiger partial charge in [-0.15, -0.1) is 0 Å². The molecule has 0 aromatic carbocycles. The molecule has 0 saturated heterocycles. The van der Waals surface area contributed by atoms with Crippen molar-refractivity contribution in [2.45, 2.75) is 45.7 Å². The van der Waals surface area contributed by atoms with Crippen LogP contribution in [-0.2, 0) is 8.85 Å². The van der Waals surface area contributed by atoms with Crippen molar-refractivity contribution in [2.75, 3.05) is 0 Å². The standard InChI is InChI=1S/C15H26O2Si2/c1-18(2,3)16-14-12-10-7-8-11(9-10)13(12)15(14)17-19(4,5)6/h7-8,10-13H,9H2,1-6H3/t10-,11+,12+,13-. The van der Waals surface area contributed by atoms with Gasteiger partial charge in [-0.25, -0.2) is 0 Å². The third-order valence-electron chi connectivity index (χ3n) is 4.14. The molecule has 0 spiro atoms. The maximum Gasteiger partial charge on any atom is 0.241 e. The molecule has 0 radical (unpaired) electrons. The molecule has 0 unspecified atom stereocenters. The molecule has 2 nitrogen and oxygen atoms in total. The van der Waals surface area contributed by atoms with E-state index in [-0.39, 0.29) is 0 Å². The number of fused-ring (bicyclic) bond motifs is 5. The molecule has 4 atom stereocenters. The highest BCUT2D eigenvalue weighted by atomic mass is 28.4. The molecule has 1 fully saturated rings. The average Bonchev–Trinajstić information content (AvgIpc) is 2.78. The second kappa shape index (κ2) is 4.01. The van der Waals surface area contributed by atoms with Gasteiger partial charge in [0.05, 0.1) is 0 Å². The Bertz CT molecular complexity index is 414. The van der Waals surface area contributed by atoms with E-state index in [1.807, 2.05) is 0 Å². The second-order valence-corrected chi connectivity index (χ2v) is 17.0. The van der Waals surface area contributed by atoms with Crippen LogP contribution in [0.15, 0.2) is 23.7 Å². The Kier molecular flexibility index (Phi) is 2.85. The second-order valence-electron chi connectivity index (χ2n) is 8.16. The number of hydrogen-bond acceptors (Lipinski definition) is 2. The summed E-state index contributed by atoms with van der Waals surface area (Å²) in [6.07, 6.45) is 6.13. The summed E-state index contributed by atoms with van der Waals surface area (Å²) >= 11 is 0. The molecular weight excluding hydrogens is 268 g/mol. The fourth-order valence-corrected chi connectivity index (χ4v) is 5.46. The third kappa shape index (κ3) is 2.33. The normalized spacial score (nSPS) is 36.3. The molecule has 4 heteroatoms. The van der Waals surface area contributed by atoms with Gasteiger partial charge in [-0.1, -0.05) is 12.2 Å². The summed E-state index contributed by atoms with van der Waals surface area (Å²) in [5.41, 5.74) is 0. The highest BCUT2D eigenvalue weighted by Gasteiger charge is 2.58. The highest BCUT2D eigenvalue weighted by Crippen LogP contribution is 2.62. The maximum atomic E-state index is 6.38. The molecule has 19 heavy (non-hydrogen) atoms. The first-order valence-electron chi connectivity index (χ1n) is 7.46. The average molecular weight is 295 g/mol. The number of rotatable bonds is 4. The zero-order valence-corrected chi connectivity index (χ0v) is 15.0. The van der Waals surface area contributed by atoms with Crippen LogP contribution in [0, 0.1) is 23.7 Å². The molecule has 106 valence electrons. The fraction of sp³-hybridized carbons (Fsp3) is 0.733. The Hall–Kier alpha value is -0.486. The van der Waals surface area contributed by atoms with E-state index < -0.39 is 16.6 Å². The van der Waals surface area contributed by atoms with Crippen LogP contribution in [0.25, 0.3) is 0 Å². The van der Waals surface area contributed by atoms with Crippen molar-refractivity contribution < 1.29 is 8.85 Å². The van der Waals surface area contributed by atoms with Crippen LogP contribution in [-0.4, -0.2) is 16.6 Å². The summed E-state index contributed by atoms with van der Waals surface area (Å²) in [6, 6.07) is 0. The zero-order chi connectivity index (χ0) is 14.0. The highest BCUT2D eigenvalue weighted by molar-refractivity contribution is 6.70. The van der Waals surface area contributed by atoms with E-state index in [0.29, 0.717) is 11.8 Å². The summed E-state index contributed by atoms with van der Waals surface area (Å²) < 4.78 is 12.8. The quantitative estimate of drug-likeness (QED) is 0.567. The van der Waals surface area contributed by atoms with Gasteiger partial charge in [0.2, 0.25) is 16.6 Å². The predicted octanol–water partition coefficient (Wildman–Crippen LogP) is 4.35. The Balaban J connectivity index is 1.88. The van der Waals surface area contributed by atoms with Crippen LogP contribution in [0.1, 0.15) is 6.42 Å². The Labute approximate surface area is 119 Å². The lowest BCUT2D eigenvalue weighted by atomic mass is 9.71. The van der Waals surface area contributed by atoms with Crippen LogP contribution < -0.4 is 0 Å². The molecule has 0 aromatic rings. The van der Waals surface area contributed by atoms with E-state index in [1.165, 1.54) is 17.9 Å². The largest absolute Gasteiger partial charge is 0.545 e. The molecule has 3 aliphatic carbocycles. The number of allylic oxidation sites excluding steroid dienone is 4. The van der Waals surface area contributed by atoms with E-state index in [4.69, 9.17) is 8.85 Å². The van der Waals surface area contributed by atoms with Gasteiger partial charge in [-0.3, -0.25) is 0 Å². The SMILES string of the molecule is C[Si](C)(C)OC1=C(O[Si](C)(C)C)[C@H]2[C@@H]1[C@@H]1C=C[C@H]2C1. The van der Waals surface area contributed by atoms with E-state index in [1.54, 1.807) is 0 Å². The van der Waals surface area contributed by atoms with Gasteiger partial charge in [0.15, 0.2) is 0 Å². The van der Waals surface area contributed by atoms with Crippen molar-refractivity contribution >= 4 is 16.6 Å². The van der Waals surface area contributed by atoms with Crippen LogP contribution in [0.5, 0.6) is 0 Å². The fourth-order valence-electron chi connectivity index (χ4n) is 3.67. The minimum atomic E-state index is -1.54. The van der Waals surface area contributed by atoms with Gasteiger partial charge < -0.3 is 8.85 Å². The predicted molar refractivity (Wildman–Crippen MR) is 83.6 cm³/mol. The van der Waals surface area contributed by atoms with Crippen LogP contribution in [0.3, 0.4) is 0 Å². The van der Waals surface area contributed by atoms with Gasteiger partial charge in [0, 0.05) is 11.8 Å². The number of hydrogen-bond donors (Lipinski definition) is 0. The van der Waals surface area contributed by atoms with Crippen LogP contribution in [0.2, 0.25) is 39.3 Å². The Morgan fingerprint density at radius 2 is 1.16 bits per heavy atom. The molecule has 0 N–H and O–H groups in total. The smallest absolute Gasteiger partial charge is 0.241 e. The summed E-state index contributed by atoms with van der Waals surface area (Å²) in [6.45, 7) is 13.6. The van der Waals surface area contributed by atoms with Crippen molar-refractivity contribution in [3.8, 4) is 0 Å². The lowest BCUT2D eigenvalue weighted by Crippen LogP contribution is -2.43. The lowest BCUT2D eigenvalue weighted by Gasteiger charge is -2.45. The zero-order valence-electron chi connectivity index (χ0n) is 13.0. The molecule has 0 amide bonds. The molecule has 2 bridgehead atoms. The molecule has 0 heterocycles. The van der Waals surface area contributed by atoms with E-state index in [0.717, 1.165) is 11.8 Å². The van der Waals surface area contributed by atoms with Gasteiger partial charge in [0.25, 0.3) is 0 Å². The van der Waals surface area contributed by atoms with Crippen molar-refractivity contribution in [3.63, 3.8) is 0 Å². The topological polar surface area (TPSA) is 18.5 Å². The first-order valence-corrected chi connectivity index (χ1v) is 14.3. The molecule has 1 saturated carbocycles. The van der Waals surface area contributed by atoms with Crippen molar-refractivity contribution in [1.82, 2.24) is 0 Å². The summed E-state index contributed by atoms with van der Waals surface area (Å²) in [5.74, 6) is 5.15. The monoisotopic (exact) mass is 294 g/mol. The first kappa shape index (κ1) is 13.5. The molecule has 3 rings (SSSR count). The summed E-state index contributed by atoms with van der Waals surface area (Å²) in [4.78, 5) is 0. The first-order chi connectivity index (χ1) is 8.66. The molecule has 3 aliphatic rings. The Morgan fingerprint density at radius 3 is 1.47 bits per heavy atom. The lowest BCUT2D eigenvalue weighted by molar-refractivity contribution is 0.137. The van der Waals surface area contributed by atoms with Crippen LogP contribution in [0.4, 0.5) is 0 Å². The van der Waals surface area contributed by atoms with E-state index in [9.17, 15) is 0 Å². The van der Waals surface area contributed by atoms with Gasteiger partial charge >= 0.3 is 0 Å². The maximum absolute atomic E-state index is 6.38. The van der Waals surface area contributed by atoms with E-state index in [2.05, 4.69) is 51.4 Å². The van der Waals surface area contributed by atoms with Gasteiger partial charge in [-0.2, -0.15) is 0 Å². The van der Waals surface area contributed by atoms with Gasteiger partial charge in [0.1, 0.15) is 11.5 Å². The molecule has 0 aliphatic heterocycles. The minimum absolute atomic E-state index is 0.632. The summed E-state index contributed by atoms with van der Waals surface area (Å²) in [5, 5.41) is 0. The minimum Gasteiger partial charge on any atom is -0.545 e. The third-order valence-corrected chi connectivity index (χ3v) is 5.80. The van der Waals surface area contributed by atoms with Crippen molar-refractivity contribution in [3.05, 3.63) is 23.7 Å². The van der Waals surface area contributed by atoms with E-state index >= 15 is 0 Å². The van der Waals surface area contributed by atoms with Crippen molar-refractivity contribution in [1.29, 1.82) is 0 Å². The van der Waals surface area contributed by atoms with Gasteiger partial charge in [-0.05, 0) is 57.5 Å². The molecule has 0 aromatic heterocycles. The molecular formula is C15H26O2Si2. The Morgan fingerprint density at radius 1 is 0.789 bits per heavy atom. The van der Waals surface area contributed by atoms with Crippen LogP contribution >= 0.6 is 0 Å². The van der Waals surface area contributed by atoms with Crippen molar-refractivity contribution in [2.24, 2.45) is 23.7 Å².